The van der Waals surface area contributed by atoms with Crippen molar-refractivity contribution < 1.29 is 42.1 Å². The molecule has 1 amide bonds. The third kappa shape index (κ3) is 6.59. The number of benzene rings is 3. The van der Waals surface area contributed by atoms with Crippen LogP contribution in [0.15, 0.2) is 54.6 Å². The van der Waals surface area contributed by atoms with E-state index in [0.29, 0.717) is 16.7 Å². The first-order chi connectivity index (χ1) is 16.8. The molecule has 192 valence electrons. The van der Waals surface area contributed by atoms with Crippen molar-refractivity contribution in [3.63, 3.8) is 0 Å². The summed E-state index contributed by atoms with van der Waals surface area (Å²) in [6.45, 7) is 5.01. The van der Waals surface area contributed by atoms with Crippen LogP contribution in [0.25, 0.3) is 10.8 Å². The van der Waals surface area contributed by atoms with Crippen LogP contribution in [-0.2, 0) is 11.4 Å². The minimum atomic E-state index is -4.80. The number of rotatable bonds is 8. The van der Waals surface area contributed by atoms with E-state index >= 15 is 0 Å². The van der Waals surface area contributed by atoms with Crippen LogP contribution in [-0.4, -0.2) is 36.5 Å². The Labute approximate surface area is 205 Å². The molecule has 0 fully saturated rings. The SMILES string of the molecule is COc1ccc2ccc(C(=O)N[C@H](C(=O)O)C(C)(C)C)c(OCc3ccc(OC(F)(F)F)cc3)c2c1. The van der Waals surface area contributed by atoms with Gasteiger partial charge in [0.25, 0.3) is 5.91 Å². The molecule has 0 unspecified atom stereocenters. The molecule has 0 aliphatic carbocycles. The number of nitrogens with one attached hydrogen (secondary N) is 1. The Bertz CT molecular complexity index is 1250. The topological polar surface area (TPSA) is 94.1 Å². The van der Waals surface area contributed by atoms with Crippen LogP contribution in [0, 0.1) is 5.41 Å². The summed E-state index contributed by atoms with van der Waals surface area (Å²) < 4.78 is 52.4. The summed E-state index contributed by atoms with van der Waals surface area (Å²) in [5.41, 5.74) is -0.139. The normalized spacial score (nSPS) is 12.6. The van der Waals surface area contributed by atoms with E-state index in [9.17, 15) is 27.9 Å². The van der Waals surface area contributed by atoms with Crippen molar-refractivity contribution in [2.24, 2.45) is 5.41 Å². The quantitative estimate of drug-likeness (QED) is 0.417. The highest BCUT2D eigenvalue weighted by Gasteiger charge is 2.34. The molecule has 10 heteroatoms. The molecule has 36 heavy (non-hydrogen) atoms. The minimum absolute atomic E-state index is 0.0788. The Kier molecular flexibility index (Phi) is 7.66. The third-order valence-electron chi connectivity index (χ3n) is 5.35. The number of amides is 1. The van der Waals surface area contributed by atoms with E-state index in [-0.39, 0.29) is 23.7 Å². The van der Waals surface area contributed by atoms with Crippen molar-refractivity contribution >= 4 is 22.6 Å². The fourth-order valence-electron chi connectivity index (χ4n) is 3.53. The Hall–Kier alpha value is -3.95. The maximum atomic E-state index is 13.2. The monoisotopic (exact) mass is 505 g/mol. The van der Waals surface area contributed by atoms with Crippen LogP contribution >= 0.6 is 0 Å². The smallest absolute Gasteiger partial charge is 0.497 e. The van der Waals surface area contributed by atoms with Gasteiger partial charge in [0, 0.05) is 5.39 Å². The Balaban J connectivity index is 1.96. The second-order valence-corrected chi connectivity index (χ2v) is 9.12. The van der Waals surface area contributed by atoms with E-state index in [2.05, 4.69) is 10.1 Å². The van der Waals surface area contributed by atoms with Gasteiger partial charge in [0.1, 0.15) is 29.9 Å². The molecule has 3 aromatic carbocycles. The third-order valence-corrected chi connectivity index (χ3v) is 5.35. The van der Waals surface area contributed by atoms with Crippen molar-refractivity contribution in [2.75, 3.05) is 7.11 Å². The second-order valence-electron chi connectivity index (χ2n) is 9.12. The zero-order valence-corrected chi connectivity index (χ0v) is 20.1. The standard InChI is InChI=1S/C26H26F3NO6/c1-25(2,3)22(24(32)33)30-23(31)19-12-8-16-7-11-18(34-4)13-20(16)21(19)35-14-15-5-9-17(10-6-15)36-26(27,28)29/h5-13,22H,14H2,1-4H3,(H,30,31)(H,32,33)/t22-/m1/s1. The summed E-state index contributed by atoms with van der Waals surface area (Å²) in [5.74, 6) is -1.51. The fraction of sp³-hybridized carbons (Fsp3) is 0.308. The van der Waals surface area contributed by atoms with Gasteiger partial charge in [-0.05, 0) is 46.7 Å². The lowest BCUT2D eigenvalue weighted by molar-refractivity contribution is -0.274. The zero-order valence-electron chi connectivity index (χ0n) is 20.1. The van der Waals surface area contributed by atoms with Crippen LogP contribution in [0.5, 0.6) is 17.2 Å². The van der Waals surface area contributed by atoms with Gasteiger partial charge in [-0.1, -0.05) is 45.0 Å². The highest BCUT2D eigenvalue weighted by Crippen LogP contribution is 2.34. The number of aliphatic carboxylic acids is 1. The van der Waals surface area contributed by atoms with Crippen LogP contribution < -0.4 is 19.5 Å². The number of hydrogen-bond acceptors (Lipinski definition) is 5. The van der Waals surface area contributed by atoms with Crippen molar-refractivity contribution in [1.82, 2.24) is 5.32 Å². The molecular formula is C26H26F3NO6. The van der Waals surface area contributed by atoms with Crippen molar-refractivity contribution in [3.05, 3.63) is 65.7 Å². The lowest BCUT2D eigenvalue weighted by Gasteiger charge is -2.28. The van der Waals surface area contributed by atoms with Gasteiger partial charge in [0.05, 0.1) is 12.7 Å². The molecule has 0 bridgehead atoms. The van der Waals surface area contributed by atoms with Gasteiger partial charge < -0.3 is 24.6 Å². The van der Waals surface area contributed by atoms with E-state index in [4.69, 9.17) is 9.47 Å². The molecule has 0 aliphatic rings. The summed E-state index contributed by atoms with van der Waals surface area (Å²) in [6, 6.07) is 12.4. The summed E-state index contributed by atoms with van der Waals surface area (Å²) in [5, 5.41) is 13.5. The van der Waals surface area contributed by atoms with Gasteiger partial charge in [0.15, 0.2) is 0 Å². The molecule has 0 saturated heterocycles. The van der Waals surface area contributed by atoms with Crippen LogP contribution in [0.2, 0.25) is 0 Å². The van der Waals surface area contributed by atoms with E-state index < -0.39 is 29.7 Å². The van der Waals surface area contributed by atoms with Gasteiger partial charge in [-0.25, -0.2) is 4.79 Å². The highest BCUT2D eigenvalue weighted by molar-refractivity contribution is 6.05. The Morgan fingerprint density at radius 1 is 0.972 bits per heavy atom. The lowest BCUT2D eigenvalue weighted by Crippen LogP contribution is -2.49. The predicted octanol–water partition coefficient (Wildman–Crippen LogP) is 5.56. The zero-order chi connectivity index (χ0) is 26.7. The molecule has 0 aromatic heterocycles. The fourth-order valence-corrected chi connectivity index (χ4v) is 3.53. The van der Waals surface area contributed by atoms with Gasteiger partial charge in [-0.2, -0.15) is 0 Å². The van der Waals surface area contributed by atoms with Crippen molar-refractivity contribution in [1.29, 1.82) is 0 Å². The van der Waals surface area contributed by atoms with E-state index in [0.717, 1.165) is 17.5 Å². The first-order valence-electron chi connectivity index (χ1n) is 10.9. The van der Waals surface area contributed by atoms with Crippen molar-refractivity contribution in [2.45, 2.75) is 39.8 Å². The molecule has 0 aliphatic heterocycles. The molecule has 0 heterocycles. The highest BCUT2D eigenvalue weighted by atomic mass is 19.4. The molecule has 0 spiro atoms. The molecular weight excluding hydrogens is 479 g/mol. The Morgan fingerprint density at radius 3 is 2.14 bits per heavy atom. The van der Waals surface area contributed by atoms with Crippen molar-refractivity contribution in [3.8, 4) is 17.2 Å². The summed E-state index contributed by atoms with van der Waals surface area (Å²) >= 11 is 0. The molecule has 0 saturated carbocycles. The average molecular weight is 505 g/mol. The molecule has 2 N–H and O–H groups in total. The first kappa shape index (κ1) is 26.7. The summed E-state index contributed by atoms with van der Waals surface area (Å²) in [4.78, 5) is 25.0. The maximum Gasteiger partial charge on any atom is 0.573 e. The number of carbonyl (C=O) groups is 2. The van der Waals surface area contributed by atoms with E-state index in [1.807, 2.05) is 0 Å². The molecule has 3 rings (SSSR count). The molecule has 3 aromatic rings. The van der Waals surface area contributed by atoms with Gasteiger partial charge in [-0.3, -0.25) is 4.79 Å². The van der Waals surface area contributed by atoms with Crippen LogP contribution in [0.4, 0.5) is 13.2 Å². The number of fused-ring (bicyclic) bond motifs is 1. The van der Waals surface area contributed by atoms with Gasteiger partial charge >= 0.3 is 12.3 Å². The first-order valence-corrected chi connectivity index (χ1v) is 10.9. The number of alkyl halides is 3. The summed E-state index contributed by atoms with van der Waals surface area (Å²) in [7, 11) is 1.49. The average Bonchev–Trinajstić information content (AvgIpc) is 2.79. The maximum absolute atomic E-state index is 13.2. The molecule has 7 nitrogen and oxygen atoms in total. The van der Waals surface area contributed by atoms with Crippen LogP contribution in [0.1, 0.15) is 36.7 Å². The largest absolute Gasteiger partial charge is 0.573 e. The van der Waals surface area contributed by atoms with E-state index in [1.165, 1.54) is 25.3 Å². The minimum Gasteiger partial charge on any atom is -0.497 e. The number of carboxylic acids is 1. The molecule has 0 radical (unpaired) electrons. The Morgan fingerprint density at radius 2 is 1.58 bits per heavy atom. The molecule has 1 atom stereocenters. The van der Waals surface area contributed by atoms with Gasteiger partial charge in [0.2, 0.25) is 0 Å². The van der Waals surface area contributed by atoms with Crippen LogP contribution in [0.3, 0.4) is 0 Å². The number of methoxy groups -OCH3 is 1. The van der Waals surface area contributed by atoms with Gasteiger partial charge in [-0.15, -0.1) is 13.2 Å². The number of carbonyl (C=O) groups excluding carboxylic acids is 1. The second kappa shape index (κ2) is 10.3. The number of carboxylic acid groups (broad SMARTS) is 1. The summed E-state index contributed by atoms with van der Waals surface area (Å²) in [6.07, 6.45) is -4.80. The number of hydrogen-bond donors (Lipinski definition) is 2. The number of ether oxygens (including phenoxy) is 3. The van der Waals surface area contributed by atoms with E-state index in [1.54, 1.807) is 45.0 Å². The lowest BCUT2D eigenvalue weighted by atomic mass is 9.86. The number of halogens is 3. The predicted molar refractivity (Wildman–Crippen MR) is 126 cm³/mol.